The molecule has 1 aromatic carbocycles. The van der Waals surface area contributed by atoms with E-state index in [0.717, 1.165) is 36.2 Å². The van der Waals surface area contributed by atoms with Crippen LogP contribution in [0.3, 0.4) is 0 Å². The van der Waals surface area contributed by atoms with Crippen molar-refractivity contribution in [3.8, 4) is 0 Å². The number of nitrogens with zero attached hydrogens (tertiary/aromatic N) is 1. The fraction of sp³-hybridized carbons (Fsp3) is 0.647. The zero-order valence-electron chi connectivity index (χ0n) is 12.5. The molecule has 2 nitrogen and oxygen atoms in total. The van der Waals surface area contributed by atoms with Crippen molar-refractivity contribution in [2.24, 2.45) is 0 Å². The maximum atomic E-state index is 6.25. The normalized spacial score (nSPS) is 29.1. The first-order chi connectivity index (χ1) is 9.65. The zero-order valence-corrected chi connectivity index (χ0v) is 13.3. The fourth-order valence-corrected chi connectivity index (χ4v) is 4.00. The number of rotatable bonds is 4. The van der Waals surface area contributed by atoms with Crippen molar-refractivity contribution < 1.29 is 0 Å². The Morgan fingerprint density at radius 2 is 1.95 bits per heavy atom. The van der Waals surface area contributed by atoms with Gasteiger partial charge in [0, 0.05) is 29.7 Å². The second-order valence-corrected chi connectivity index (χ2v) is 6.82. The highest BCUT2D eigenvalue weighted by molar-refractivity contribution is 6.31. The summed E-state index contributed by atoms with van der Waals surface area (Å²) in [5, 5.41) is 4.62. The van der Waals surface area contributed by atoms with Crippen molar-refractivity contribution in [2.45, 2.75) is 64.2 Å². The lowest BCUT2D eigenvalue weighted by Gasteiger charge is -2.37. The SMILES string of the molecule is CCN(Cc1ccc(C)c(Cl)c1)C1CC2CCC(C1)N2. The van der Waals surface area contributed by atoms with Crippen LogP contribution in [0.5, 0.6) is 0 Å². The Morgan fingerprint density at radius 3 is 2.55 bits per heavy atom. The molecular formula is C17H25ClN2. The molecule has 2 saturated heterocycles. The number of hydrogen-bond acceptors (Lipinski definition) is 2. The number of aryl methyl sites for hydroxylation is 1. The molecule has 2 bridgehead atoms. The largest absolute Gasteiger partial charge is 0.311 e. The maximum absolute atomic E-state index is 6.25. The second-order valence-electron chi connectivity index (χ2n) is 6.41. The lowest BCUT2D eigenvalue weighted by atomic mass is 9.97. The fourth-order valence-electron chi connectivity index (χ4n) is 3.79. The average molecular weight is 293 g/mol. The van der Waals surface area contributed by atoms with Crippen molar-refractivity contribution in [2.75, 3.05) is 6.54 Å². The van der Waals surface area contributed by atoms with Gasteiger partial charge in [-0.25, -0.2) is 0 Å². The van der Waals surface area contributed by atoms with Crippen LogP contribution in [-0.4, -0.2) is 29.6 Å². The molecule has 20 heavy (non-hydrogen) atoms. The van der Waals surface area contributed by atoms with Crippen LogP contribution in [0.15, 0.2) is 18.2 Å². The number of fused-ring (bicyclic) bond motifs is 2. The van der Waals surface area contributed by atoms with Crippen LogP contribution < -0.4 is 5.32 Å². The summed E-state index contributed by atoms with van der Waals surface area (Å²) in [5.74, 6) is 0. The van der Waals surface area contributed by atoms with Gasteiger partial charge in [-0.3, -0.25) is 4.90 Å². The minimum atomic E-state index is 0.735. The molecule has 2 atom stereocenters. The molecule has 3 heteroatoms. The smallest absolute Gasteiger partial charge is 0.0438 e. The standard InChI is InChI=1S/C17H25ClN2/c1-3-20(11-13-5-4-12(2)17(18)8-13)16-9-14-6-7-15(10-16)19-14/h4-5,8,14-16,19H,3,6-7,9-11H2,1-2H3. The minimum absolute atomic E-state index is 0.735. The van der Waals surface area contributed by atoms with E-state index >= 15 is 0 Å². The first-order valence-corrected chi connectivity index (χ1v) is 8.28. The Morgan fingerprint density at radius 1 is 1.25 bits per heavy atom. The van der Waals surface area contributed by atoms with Gasteiger partial charge < -0.3 is 5.32 Å². The van der Waals surface area contributed by atoms with E-state index in [9.17, 15) is 0 Å². The number of piperidine rings is 1. The van der Waals surface area contributed by atoms with Crippen LogP contribution in [0.1, 0.15) is 43.7 Å². The number of nitrogens with one attached hydrogen (secondary N) is 1. The molecular weight excluding hydrogens is 268 g/mol. The molecule has 3 rings (SSSR count). The number of benzene rings is 1. The molecule has 1 N–H and O–H groups in total. The van der Waals surface area contributed by atoms with E-state index in [0.29, 0.717) is 0 Å². The first-order valence-electron chi connectivity index (χ1n) is 7.91. The molecule has 2 aliphatic rings. The molecule has 2 aliphatic heterocycles. The van der Waals surface area contributed by atoms with Gasteiger partial charge in [0.2, 0.25) is 0 Å². The summed E-state index contributed by atoms with van der Waals surface area (Å²) in [5.41, 5.74) is 2.51. The van der Waals surface area contributed by atoms with Crippen LogP contribution in [0.25, 0.3) is 0 Å². The average Bonchev–Trinajstić information content (AvgIpc) is 2.78. The van der Waals surface area contributed by atoms with Crippen LogP contribution in [-0.2, 0) is 6.54 Å². The Labute approximate surface area is 127 Å². The maximum Gasteiger partial charge on any atom is 0.0438 e. The third kappa shape index (κ3) is 3.03. The van der Waals surface area contributed by atoms with Gasteiger partial charge in [-0.15, -0.1) is 0 Å². The summed E-state index contributed by atoms with van der Waals surface area (Å²) in [7, 11) is 0. The molecule has 0 saturated carbocycles. The summed E-state index contributed by atoms with van der Waals surface area (Å²) in [6.07, 6.45) is 5.36. The minimum Gasteiger partial charge on any atom is -0.311 e. The van der Waals surface area contributed by atoms with Gasteiger partial charge >= 0.3 is 0 Å². The quantitative estimate of drug-likeness (QED) is 0.909. The second kappa shape index (κ2) is 6.05. The molecule has 0 spiro atoms. The van der Waals surface area contributed by atoms with Crippen molar-refractivity contribution in [3.05, 3.63) is 34.3 Å². The van der Waals surface area contributed by atoms with Crippen molar-refractivity contribution >= 4 is 11.6 Å². The van der Waals surface area contributed by atoms with Crippen LogP contribution in [0, 0.1) is 6.92 Å². The number of hydrogen-bond donors (Lipinski definition) is 1. The molecule has 0 amide bonds. The van der Waals surface area contributed by atoms with Gasteiger partial charge in [-0.2, -0.15) is 0 Å². The van der Waals surface area contributed by atoms with Gasteiger partial charge in [-0.1, -0.05) is 30.7 Å². The van der Waals surface area contributed by atoms with E-state index in [1.807, 2.05) is 0 Å². The molecule has 110 valence electrons. The monoisotopic (exact) mass is 292 g/mol. The summed E-state index contributed by atoms with van der Waals surface area (Å²) < 4.78 is 0. The lowest BCUT2D eigenvalue weighted by Crippen LogP contribution is -2.47. The van der Waals surface area contributed by atoms with E-state index < -0.39 is 0 Å². The van der Waals surface area contributed by atoms with E-state index in [4.69, 9.17) is 11.6 Å². The van der Waals surface area contributed by atoms with Gasteiger partial charge in [-0.05, 0) is 56.3 Å². The van der Waals surface area contributed by atoms with Crippen molar-refractivity contribution in [1.29, 1.82) is 0 Å². The zero-order chi connectivity index (χ0) is 14.1. The highest BCUT2D eigenvalue weighted by Gasteiger charge is 2.35. The van der Waals surface area contributed by atoms with Crippen molar-refractivity contribution in [1.82, 2.24) is 10.2 Å². The topological polar surface area (TPSA) is 15.3 Å². The van der Waals surface area contributed by atoms with Gasteiger partial charge in [0.05, 0.1) is 0 Å². The molecule has 2 heterocycles. The molecule has 0 aromatic heterocycles. The Hall–Kier alpha value is -0.570. The molecule has 0 aliphatic carbocycles. The summed E-state index contributed by atoms with van der Waals surface area (Å²) in [6.45, 7) is 6.49. The highest BCUT2D eigenvalue weighted by atomic mass is 35.5. The van der Waals surface area contributed by atoms with E-state index in [2.05, 4.69) is 42.3 Å². The third-order valence-corrected chi connectivity index (χ3v) is 5.40. The van der Waals surface area contributed by atoms with Gasteiger partial charge in [0.1, 0.15) is 0 Å². The summed E-state index contributed by atoms with van der Waals surface area (Å²) >= 11 is 6.25. The van der Waals surface area contributed by atoms with Crippen LogP contribution in [0.2, 0.25) is 5.02 Å². The molecule has 2 fully saturated rings. The third-order valence-electron chi connectivity index (χ3n) is 4.99. The lowest BCUT2D eigenvalue weighted by molar-refractivity contribution is 0.141. The van der Waals surface area contributed by atoms with E-state index in [1.54, 1.807) is 0 Å². The van der Waals surface area contributed by atoms with E-state index in [1.165, 1.54) is 36.8 Å². The van der Waals surface area contributed by atoms with Gasteiger partial charge in [0.25, 0.3) is 0 Å². The summed E-state index contributed by atoms with van der Waals surface area (Å²) in [6, 6.07) is 8.74. The van der Waals surface area contributed by atoms with Gasteiger partial charge in [0.15, 0.2) is 0 Å². The van der Waals surface area contributed by atoms with Crippen LogP contribution >= 0.6 is 11.6 Å². The predicted molar refractivity (Wildman–Crippen MR) is 85.2 cm³/mol. The predicted octanol–water partition coefficient (Wildman–Crippen LogP) is 3.75. The molecule has 0 radical (unpaired) electrons. The van der Waals surface area contributed by atoms with Crippen molar-refractivity contribution in [3.63, 3.8) is 0 Å². The Balaban J connectivity index is 1.68. The first kappa shape index (κ1) is 14.4. The van der Waals surface area contributed by atoms with Crippen LogP contribution in [0.4, 0.5) is 0 Å². The van der Waals surface area contributed by atoms with E-state index in [-0.39, 0.29) is 0 Å². The Bertz CT molecular complexity index is 462. The molecule has 1 aromatic rings. The summed E-state index contributed by atoms with van der Waals surface area (Å²) in [4.78, 5) is 2.63. The molecule has 2 unspecified atom stereocenters. The Kier molecular flexibility index (Phi) is 4.34. The highest BCUT2D eigenvalue weighted by Crippen LogP contribution is 2.30. The number of halogens is 1.